The Morgan fingerprint density at radius 2 is 1.87 bits per heavy atom. The van der Waals surface area contributed by atoms with Crippen LogP contribution < -0.4 is 21.2 Å². The van der Waals surface area contributed by atoms with E-state index in [1.807, 2.05) is 4.90 Å². The second-order valence-electron chi connectivity index (χ2n) is 8.76. The second-order valence-corrected chi connectivity index (χ2v) is 8.76. The molecule has 2 N–H and O–H groups in total. The van der Waals surface area contributed by atoms with Gasteiger partial charge in [0.1, 0.15) is 11.9 Å². The molecule has 1 atom stereocenters. The molecule has 1 aromatic heterocycles. The van der Waals surface area contributed by atoms with Gasteiger partial charge in [-0.3, -0.25) is 24.0 Å². The summed E-state index contributed by atoms with van der Waals surface area (Å²) in [5.74, 6) is -0.736. The maximum Gasteiger partial charge on any atom is 0.329 e. The predicted octanol–water partition coefficient (Wildman–Crippen LogP) is -0.202. The van der Waals surface area contributed by atoms with Crippen molar-refractivity contribution >= 4 is 28.5 Å². The van der Waals surface area contributed by atoms with E-state index in [2.05, 4.69) is 15.5 Å². The number of halogens is 1. The predicted molar refractivity (Wildman–Crippen MR) is 114 cm³/mol. The third-order valence-corrected chi connectivity index (χ3v) is 6.69. The summed E-state index contributed by atoms with van der Waals surface area (Å²) in [5, 5.41) is 5.65. The molecule has 166 valence electrons. The zero-order chi connectivity index (χ0) is 21.7. The molecule has 2 aromatic rings. The number of amides is 2. The molecular weight excluding hydrogens is 403 g/mol. The van der Waals surface area contributed by atoms with E-state index in [-0.39, 0.29) is 30.3 Å². The van der Waals surface area contributed by atoms with Crippen LogP contribution in [0.1, 0.15) is 18.9 Å². The molecule has 10 heteroatoms. The highest BCUT2D eigenvalue weighted by Gasteiger charge is 2.35. The number of hydrogen-bond acceptors (Lipinski definition) is 6. The number of nitrogens with one attached hydrogen (secondary N) is 2. The smallest absolute Gasteiger partial charge is 0.329 e. The van der Waals surface area contributed by atoms with Gasteiger partial charge in [-0.05, 0) is 18.6 Å². The Bertz CT molecular complexity index is 1100. The highest BCUT2D eigenvalue weighted by Crippen LogP contribution is 2.35. The number of carbonyl (C=O) groups is 2. The molecule has 1 aromatic carbocycles. The maximum absolute atomic E-state index is 15.0. The summed E-state index contributed by atoms with van der Waals surface area (Å²) in [6.45, 7) is 6.52. The van der Waals surface area contributed by atoms with Crippen molar-refractivity contribution in [2.24, 2.45) is 13.0 Å². The van der Waals surface area contributed by atoms with Crippen LogP contribution in [0.15, 0.2) is 16.9 Å². The van der Waals surface area contributed by atoms with Crippen molar-refractivity contribution in [2.45, 2.75) is 18.9 Å². The lowest BCUT2D eigenvalue weighted by Crippen LogP contribution is -2.54. The zero-order valence-electron chi connectivity index (χ0n) is 17.6. The summed E-state index contributed by atoms with van der Waals surface area (Å²) in [5.41, 5.74) is 1.05. The average molecular weight is 430 g/mol. The number of aromatic nitrogens is 2. The molecular formula is C21H27FN6O3. The first-order valence-electron chi connectivity index (χ1n) is 10.8. The number of piperidine rings is 1. The van der Waals surface area contributed by atoms with E-state index < -0.39 is 11.9 Å². The molecule has 0 saturated carbocycles. The average Bonchev–Trinajstić information content (AvgIpc) is 2.97. The van der Waals surface area contributed by atoms with Crippen molar-refractivity contribution < 1.29 is 14.0 Å². The monoisotopic (exact) mass is 430 g/mol. The fourth-order valence-corrected chi connectivity index (χ4v) is 5.09. The fourth-order valence-electron chi connectivity index (χ4n) is 5.09. The minimum Gasteiger partial charge on any atom is -0.367 e. The van der Waals surface area contributed by atoms with Crippen LogP contribution in [-0.2, 0) is 16.6 Å². The zero-order valence-corrected chi connectivity index (χ0v) is 17.6. The summed E-state index contributed by atoms with van der Waals surface area (Å²) in [6.07, 6.45) is 0.431. The van der Waals surface area contributed by atoms with Crippen molar-refractivity contribution in [3.05, 3.63) is 28.4 Å². The Kier molecular flexibility index (Phi) is 5.05. The van der Waals surface area contributed by atoms with Crippen molar-refractivity contribution in [1.29, 1.82) is 0 Å². The van der Waals surface area contributed by atoms with Gasteiger partial charge in [-0.15, -0.1) is 0 Å². The normalized spacial score (nSPS) is 23.3. The molecule has 9 nitrogen and oxygen atoms in total. The Balaban J connectivity index is 1.45. The molecule has 1 unspecified atom stereocenters. The molecule has 4 heterocycles. The molecule has 3 saturated heterocycles. The van der Waals surface area contributed by atoms with Crippen molar-refractivity contribution in [1.82, 2.24) is 24.7 Å². The van der Waals surface area contributed by atoms with Crippen LogP contribution in [0.2, 0.25) is 0 Å². The van der Waals surface area contributed by atoms with Gasteiger partial charge in [0.2, 0.25) is 11.8 Å². The van der Waals surface area contributed by atoms with Crippen LogP contribution >= 0.6 is 0 Å². The molecule has 31 heavy (non-hydrogen) atoms. The summed E-state index contributed by atoms with van der Waals surface area (Å²) < 4.78 is 17.8. The number of rotatable bonds is 4. The van der Waals surface area contributed by atoms with Gasteiger partial charge >= 0.3 is 5.69 Å². The Morgan fingerprint density at radius 3 is 2.58 bits per heavy atom. The molecule has 3 aliphatic rings. The largest absolute Gasteiger partial charge is 0.367 e. The van der Waals surface area contributed by atoms with E-state index in [4.69, 9.17) is 0 Å². The van der Waals surface area contributed by atoms with Crippen molar-refractivity contribution in [3.8, 4) is 0 Å². The minimum absolute atomic E-state index is 0.174. The second kappa shape index (κ2) is 7.76. The number of imide groups is 1. The molecule has 2 amide bonds. The number of nitrogens with zero attached hydrogens (tertiary/aromatic N) is 4. The van der Waals surface area contributed by atoms with Crippen LogP contribution in [0.25, 0.3) is 11.0 Å². The van der Waals surface area contributed by atoms with Crippen LogP contribution in [0, 0.1) is 11.7 Å². The summed E-state index contributed by atoms with van der Waals surface area (Å²) in [4.78, 5) is 41.4. The number of hydrogen-bond donors (Lipinski definition) is 2. The number of aryl methyl sites for hydroxylation is 1. The first-order valence-corrected chi connectivity index (χ1v) is 10.8. The molecule has 0 aliphatic carbocycles. The topological polar surface area (TPSA) is 91.6 Å². The first-order chi connectivity index (χ1) is 14.9. The Morgan fingerprint density at radius 1 is 1.13 bits per heavy atom. The molecule has 5 rings (SSSR count). The van der Waals surface area contributed by atoms with Gasteiger partial charge in [0.05, 0.1) is 16.7 Å². The quantitative estimate of drug-likeness (QED) is 0.653. The van der Waals surface area contributed by atoms with Crippen LogP contribution in [0.3, 0.4) is 0 Å². The van der Waals surface area contributed by atoms with E-state index in [0.717, 1.165) is 45.8 Å². The lowest BCUT2D eigenvalue weighted by atomic mass is 9.97. The van der Waals surface area contributed by atoms with Crippen molar-refractivity contribution in [2.75, 3.05) is 50.7 Å². The lowest BCUT2D eigenvalue weighted by molar-refractivity contribution is -0.135. The molecule has 0 bridgehead atoms. The van der Waals surface area contributed by atoms with Gasteiger partial charge < -0.3 is 15.1 Å². The van der Waals surface area contributed by atoms with E-state index in [9.17, 15) is 18.8 Å². The number of carbonyl (C=O) groups excluding carboxylic acids is 2. The number of benzene rings is 1. The molecule has 0 spiro atoms. The van der Waals surface area contributed by atoms with E-state index in [1.54, 1.807) is 13.1 Å². The minimum atomic E-state index is -0.774. The SMILES string of the molecule is Cn1c(=O)n(C2CCC(=O)NC2=O)c2ccc(F)c(N3CC(CN4CCNCC4)C3)c21. The summed E-state index contributed by atoms with van der Waals surface area (Å²) >= 11 is 0. The maximum atomic E-state index is 15.0. The highest BCUT2D eigenvalue weighted by molar-refractivity contribution is 6.00. The van der Waals surface area contributed by atoms with E-state index in [1.165, 1.54) is 15.2 Å². The Labute approximate surface area is 178 Å². The number of imidazole rings is 1. The van der Waals surface area contributed by atoms with Gasteiger partial charge in [0.25, 0.3) is 0 Å². The van der Waals surface area contributed by atoms with E-state index in [0.29, 0.717) is 22.6 Å². The molecule has 3 fully saturated rings. The van der Waals surface area contributed by atoms with Gasteiger partial charge in [-0.1, -0.05) is 0 Å². The standard InChI is InChI=1S/C21H27FN6O3/c1-25-19-15(28(21(25)31)16-4-5-17(29)24-20(16)30)3-2-14(22)18(19)27-11-13(12-27)10-26-8-6-23-7-9-26/h2-3,13,16,23H,4-12H2,1H3,(H,24,29,30). The van der Waals surface area contributed by atoms with Gasteiger partial charge in [-0.2, -0.15) is 0 Å². The van der Waals surface area contributed by atoms with Crippen molar-refractivity contribution in [3.63, 3.8) is 0 Å². The number of fused-ring (bicyclic) bond motifs is 1. The number of piperazine rings is 1. The lowest BCUT2D eigenvalue weighted by Gasteiger charge is -2.44. The third-order valence-electron chi connectivity index (χ3n) is 6.69. The van der Waals surface area contributed by atoms with Crippen LogP contribution in [-0.4, -0.2) is 71.7 Å². The van der Waals surface area contributed by atoms with Crippen LogP contribution in [0.4, 0.5) is 10.1 Å². The molecule has 3 aliphatic heterocycles. The van der Waals surface area contributed by atoms with E-state index >= 15 is 0 Å². The Hall–Kier alpha value is -2.72. The van der Waals surface area contributed by atoms with Gasteiger partial charge in [-0.25, -0.2) is 9.18 Å². The third kappa shape index (κ3) is 3.43. The van der Waals surface area contributed by atoms with Gasteiger partial charge in [0, 0.05) is 65.2 Å². The highest BCUT2D eigenvalue weighted by atomic mass is 19.1. The number of anilines is 1. The van der Waals surface area contributed by atoms with Crippen LogP contribution in [0.5, 0.6) is 0 Å². The summed E-state index contributed by atoms with van der Waals surface area (Å²) in [7, 11) is 1.61. The molecule has 0 radical (unpaired) electrons. The van der Waals surface area contributed by atoms with Gasteiger partial charge in [0.15, 0.2) is 0 Å². The first kappa shape index (κ1) is 20.2. The summed E-state index contributed by atoms with van der Waals surface area (Å²) in [6, 6.07) is 2.14. The fraction of sp³-hybridized carbons (Fsp3) is 0.571.